The fourth-order valence-electron chi connectivity index (χ4n) is 4.48. The molecular formula is C23H29N3O3. The number of para-hydroxylation sites is 2. The topological polar surface area (TPSA) is 65.6 Å². The van der Waals surface area contributed by atoms with Crippen molar-refractivity contribution in [2.75, 3.05) is 31.6 Å². The Bertz CT molecular complexity index is 953. The number of amides is 1. The van der Waals surface area contributed by atoms with Crippen LogP contribution in [0.25, 0.3) is 0 Å². The molecule has 1 saturated heterocycles. The Morgan fingerprint density at radius 1 is 1.14 bits per heavy atom. The van der Waals surface area contributed by atoms with Crippen LogP contribution in [-0.4, -0.2) is 48.6 Å². The molecule has 6 nitrogen and oxygen atoms in total. The van der Waals surface area contributed by atoms with Gasteiger partial charge < -0.3 is 19.5 Å². The summed E-state index contributed by atoms with van der Waals surface area (Å²) in [6.07, 6.45) is 4.88. The van der Waals surface area contributed by atoms with Crippen LogP contribution < -0.4 is 15.2 Å². The molecule has 1 aliphatic heterocycles. The lowest BCUT2D eigenvalue weighted by Crippen LogP contribution is -2.42. The van der Waals surface area contributed by atoms with Gasteiger partial charge in [0.05, 0.1) is 12.8 Å². The number of ether oxygens (including phenoxy) is 1. The molecule has 1 fully saturated rings. The van der Waals surface area contributed by atoms with Crippen LogP contribution in [0, 0.1) is 0 Å². The van der Waals surface area contributed by atoms with Gasteiger partial charge in [0.2, 0.25) is 0 Å². The summed E-state index contributed by atoms with van der Waals surface area (Å²) in [5.74, 6) is 0.681. The molecule has 1 atom stereocenters. The molecule has 1 aromatic carbocycles. The molecule has 1 N–H and O–H groups in total. The number of H-pyrrole nitrogens is 1. The second kappa shape index (κ2) is 8.31. The molecule has 6 heteroatoms. The van der Waals surface area contributed by atoms with Gasteiger partial charge in [0.25, 0.3) is 11.5 Å². The van der Waals surface area contributed by atoms with Gasteiger partial charge in [-0.05, 0) is 62.8 Å². The molecule has 0 bridgehead atoms. The van der Waals surface area contributed by atoms with Crippen molar-refractivity contribution in [2.24, 2.45) is 0 Å². The molecule has 1 amide bonds. The first-order chi connectivity index (χ1) is 14.1. The van der Waals surface area contributed by atoms with Crippen molar-refractivity contribution in [1.82, 2.24) is 9.88 Å². The number of nitrogens with one attached hydrogen (secondary N) is 1. The summed E-state index contributed by atoms with van der Waals surface area (Å²) in [5, 5.41) is 0. The van der Waals surface area contributed by atoms with Crippen LogP contribution in [0.4, 0.5) is 5.69 Å². The van der Waals surface area contributed by atoms with Gasteiger partial charge >= 0.3 is 0 Å². The van der Waals surface area contributed by atoms with E-state index in [-0.39, 0.29) is 23.1 Å². The predicted octanol–water partition coefficient (Wildman–Crippen LogP) is 3.00. The number of carbonyl (C=O) groups excluding carboxylic acids is 1. The zero-order valence-electron chi connectivity index (χ0n) is 17.2. The van der Waals surface area contributed by atoms with Gasteiger partial charge in [-0.25, -0.2) is 0 Å². The van der Waals surface area contributed by atoms with Crippen LogP contribution in [0.2, 0.25) is 0 Å². The number of benzene rings is 1. The monoisotopic (exact) mass is 395 g/mol. The van der Waals surface area contributed by atoms with Crippen LogP contribution in [0.3, 0.4) is 0 Å². The predicted molar refractivity (Wildman–Crippen MR) is 114 cm³/mol. The third-order valence-electron chi connectivity index (χ3n) is 6.21. The maximum absolute atomic E-state index is 13.3. The average molecular weight is 396 g/mol. The summed E-state index contributed by atoms with van der Waals surface area (Å²) in [5.41, 5.74) is 3.20. The van der Waals surface area contributed by atoms with Crippen LogP contribution >= 0.6 is 0 Å². The Morgan fingerprint density at radius 2 is 1.93 bits per heavy atom. The quantitative estimate of drug-likeness (QED) is 0.868. The number of nitrogens with zero attached hydrogens (tertiary/aromatic N) is 2. The molecule has 0 saturated carbocycles. The van der Waals surface area contributed by atoms with E-state index >= 15 is 0 Å². The molecule has 0 unspecified atom stereocenters. The molecule has 4 rings (SSSR count). The number of aromatic nitrogens is 1. The molecule has 1 aliphatic carbocycles. The highest BCUT2D eigenvalue weighted by Crippen LogP contribution is 2.29. The smallest absolute Gasteiger partial charge is 0.261 e. The lowest BCUT2D eigenvalue weighted by molar-refractivity contribution is 0.0703. The van der Waals surface area contributed by atoms with Crippen molar-refractivity contribution in [3.05, 3.63) is 57.5 Å². The minimum Gasteiger partial charge on any atom is -0.495 e. The van der Waals surface area contributed by atoms with E-state index in [1.165, 1.54) is 0 Å². The number of pyridine rings is 1. The fourth-order valence-corrected chi connectivity index (χ4v) is 4.48. The second-order valence-corrected chi connectivity index (χ2v) is 8.02. The van der Waals surface area contributed by atoms with Gasteiger partial charge in [-0.2, -0.15) is 0 Å². The molecule has 0 spiro atoms. The molecule has 2 aromatic rings. The number of aromatic amines is 1. The van der Waals surface area contributed by atoms with E-state index in [1.807, 2.05) is 29.2 Å². The van der Waals surface area contributed by atoms with Gasteiger partial charge in [0.1, 0.15) is 11.3 Å². The fraction of sp³-hybridized carbons (Fsp3) is 0.478. The van der Waals surface area contributed by atoms with Crippen molar-refractivity contribution in [3.63, 3.8) is 0 Å². The highest BCUT2D eigenvalue weighted by Gasteiger charge is 2.29. The van der Waals surface area contributed by atoms with Gasteiger partial charge in [-0.1, -0.05) is 12.1 Å². The molecule has 2 aliphatic rings. The summed E-state index contributed by atoms with van der Waals surface area (Å²) in [6, 6.07) is 9.88. The standard InChI is InChI=1S/C23H29N3O3/c1-16-11-12-25(20-9-5-6-10-21(20)29-2)13-14-26(16)23(28)18-15-17-7-3-4-8-19(17)24-22(18)27/h5-6,9-10,15-16H,3-4,7-8,11-14H2,1-2H3,(H,24,27)/t16-/m1/s1. The largest absolute Gasteiger partial charge is 0.495 e. The highest BCUT2D eigenvalue weighted by atomic mass is 16.5. The van der Waals surface area contributed by atoms with Crippen molar-refractivity contribution >= 4 is 11.6 Å². The number of aryl methyl sites for hydroxylation is 2. The lowest BCUT2D eigenvalue weighted by Gasteiger charge is -2.27. The van der Waals surface area contributed by atoms with E-state index in [2.05, 4.69) is 22.9 Å². The van der Waals surface area contributed by atoms with Crippen LogP contribution in [0.1, 0.15) is 47.8 Å². The normalized spacial score (nSPS) is 19.4. The summed E-state index contributed by atoms with van der Waals surface area (Å²) in [7, 11) is 1.68. The molecule has 29 heavy (non-hydrogen) atoms. The number of fused-ring (bicyclic) bond motifs is 1. The van der Waals surface area contributed by atoms with E-state index in [0.717, 1.165) is 61.3 Å². The van der Waals surface area contributed by atoms with E-state index < -0.39 is 0 Å². The summed E-state index contributed by atoms with van der Waals surface area (Å²) in [4.78, 5) is 33.0. The molecular weight excluding hydrogens is 366 g/mol. The van der Waals surface area contributed by atoms with Gasteiger partial charge in [-0.3, -0.25) is 9.59 Å². The maximum atomic E-state index is 13.3. The highest BCUT2D eigenvalue weighted by molar-refractivity contribution is 5.94. The van der Waals surface area contributed by atoms with Crippen LogP contribution in [-0.2, 0) is 12.8 Å². The van der Waals surface area contributed by atoms with Crippen LogP contribution in [0.15, 0.2) is 35.1 Å². The Hall–Kier alpha value is -2.76. The first kappa shape index (κ1) is 19.6. The maximum Gasteiger partial charge on any atom is 0.261 e. The van der Waals surface area contributed by atoms with E-state index in [1.54, 1.807) is 7.11 Å². The number of methoxy groups -OCH3 is 1. The third kappa shape index (κ3) is 3.88. The number of hydrogen-bond acceptors (Lipinski definition) is 4. The van der Waals surface area contributed by atoms with Crippen LogP contribution in [0.5, 0.6) is 5.75 Å². The Labute approximate surface area is 171 Å². The molecule has 1 aromatic heterocycles. The zero-order valence-corrected chi connectivity index (χ0v) is 17.2. The zero-order chi connectivity index (χ0) is 20.4. The van der Waals surface area contributed by atoms with Gasteiger partial charge in [0.15, 0.2) is 0 Å². The first-order valence-corrected chi connectivity index (χ1v) is 10.5. The third-order valence-corrected chi connectivity index (χ3v) is 6.21. The summed E-state index contributed by atoms with van der Waals surface area (Å²) < 4.78 is 5.51. The average Bonchev–Trinajstić information content (AvgIpc) is 2.94. The SMILES string of the molecule is COc1ccccc1N1CC[C@@H](C)N(C(=O)c2cc3c([nH]c2=O)CCCC3)CC1. The summed E-state index contributed by atoms with van der Waals surface area (Å²) >= 11 is 0. The van der Waals surface area contributed by atoms with E-state index in [4.69, 9.17) is 4.74 Å². The lowest BCUT2D eigenvalue weighted by atomic mass is 9.94. The number of anilines is 1. The molecule has 2 heterocycles. The number of carbonyl (C=O) groups is 1. The van der Waals surface area contributed by atoms with Crippen molar-refractivity contribution in [1.29, 1.82) is 0 Å². The minimum absolute atomic E-state index is 0.0673. The van der Waals surface area contributed by atoms with Gasteiger partial charge in [0, 0.05) is 31.4 Å². The Kier molecular flexibility index (Phi) is 5.60. The Morgan fingerprint density at radius 3 is 2.76 bits per heavy atom. The molecule has 154 valence electrons. The second-order valence-electron chi connectivity index (χ2n) is 8.02. The first-order valence-electron chi connectivity index (χ1n) is 10.5. The van der Waals surface area contributed by atoms with Crippen molar-refractivity contribution in [2.45, 2.75) is 45.1 Å². The van der Waals surface area contributed by atoms with Crippen molar-refractivity contribution < 1.29 is 9.53 Å². The number of hydrogen-bond donors (Lipinski definition) is 1. The summed E-state index contributed by atoms with van der Waals surface area (Å²) in [6.45, 7) is 4.19. The molecule has 0 radical (unpaired) electrons. The number of rotatable bonds is 3. The van der Waals surface area contributed by atoms with E-state index in [9.17, 15) is 9.59 Å². The minimum atomic E-state index is -0.256. The van der Waals surface area contributed by atoms with E-state index in [0.29, 0.717) is 13.1 Å². The van der Waals surface area contributed by atoms with Gasteiger partial charge in [-0.15, -0.1) is 0 Å². The van der Waals surface area contributed by atoms with Crippen molar-refractivity contribution in [3.8, 4) is 5.75 Å². The Balaban J connectivity index is 1.56.